The molecule has 0 radical (unpaired) electrons. The number of hydrogen-bond donors (Lipinski definition) is 2. The topological polar surface area (TPSA) is 69.3 Å². The van der Waals surface area contributed by atoms with Gasteiger partial charge in [0.25, 0.3) is 0 Å². The van der Waals surface area contributed by atoms with E-state index in [-0.39, 0.29) is 24.2 Å². The maximum Gasteiger partial charge on any atom is 0.231 e. The molecule has 31 heavy (non-hydrogen) atoms. The molecule has 2 N–H and O–H groups in total. The number of benzene rings is 2. The summed E-state index contributed by atoms with van der Waals surface area (Å²) in [4.78, 5) is 14.8. The number of likely N-dealkylation sites (tertiary alicyclic amines) is 1. The molecule has 7 heteroatoms. The molecule has 1 aliphatic heterocycles. The zero-order valence-corrected chi connectivity index (χ0v) is 17.2. The molecule has 0 spiro atoms. The van der Waals surface area contributed by atoms with Crippen LogP contribution in [-0.4, -0.2) is 44.9 Å². The summed E-state index contributed by atoms with van der Waals surface area (Å²) in [6.45, 7) is 0.681. The highest BCUT2D eigenvalue weighted by atomic mass is 19.1. The highest BCUT2D eigenvalue weighted by molar-refractivity contribution is 6.09. The van der Waals surface area contributed by atoms with Crippen molar-refractivity contribution in [1.82, 2.24) is 9.47 Å². The quantitative estimate of drug-likeness (QED) is 0.600. The zero-order valence-electron chi connectivity index (χ0n) is 17.2. The minimum absolute atomic E-state index is 0.0183. The van der Waals surface area contributed by atoms with Crippen LogP contribution in [-0.2, 0) is 11.3 Å². The van der Waals surface area contributed by atoms with Gasteiger partial charge in [-0.15, -0.1) is 0 Å². The van der Waals surface area contributed by atoms with Gasteiger partial charge in [-0.1, -0.05) is 12.8 Å². The van der Waals surface area contributed by atoms with Gasteiger partial charge in [0.05, 0.1) is 18.2 Å². The second-order valence-electron chi connectivity index (χ2n) is 8.72. The number of hydrogen-bond acceptors (Lipinski definition) is 3. The zero-order chi connectivity index (χ0) is 21.7. The molecule has 2 heterocycles. The number of aliphatic hydroxyl groups is 1. The molecular weight excluding hydrogens is 400 g/mol. The van der Waals surface area contributed by atoms with Crippen LogP contribution in [0.1, 0.15) is 32.1 Å². The van der Waals surface area contributed by atoms with E-state index < -0.39 is 23.7 Å². The lowest BCUT2D eigenvalue weighted by molar-refractivity contribution is -0.131. The van der Waals surface area contributed by atoms with E-state index >= 15 is 0 Å². The first-order valence-electron chi connectivity index (χ1n) is 10.9. The van der Waals surface area contributed by atoms with E-state index in [0.717, 1.165) is 25.7 Å². The van der Waals surface area contributed by atoms with Crippen LogP contribution in [0.5, 0.6) is 0 Å². The second-order valence-corrected chi connectivity index (χ2v) is 8.72. The smallest absolute Gasteiger partial charge is 0.231 e. The normalized spacial score (nSPS) is 20.9. The number of aliphatic hydroxyl groups excluding tert-OH is 1. The largest absolute Gasteiger partial charge is 0.385 e. The molecule has 3 aromatic rings. The average Bonchev–Trinajstić information content (AvgIpc) is 3.46. The predicted octanol–water partition coefficient (Wildman–Crippen LogP) is 4.24. The van der Waals surface area contributed by atoms with Crippen molar-refractivity contribution in [1.29, 1.82) is 5.41 Å². The van der Waals surface area contributed by atoms with Gasteiger partial charge >= 0.3 is 0 Å². The van der Waals surface area contributed by atoms with Crippen molar-refractivity contribution >= 4 is 33.4 Å². The number of carbonyl (C=O) groups is 1. The van der Waals surface area contributed by atoms with Crippen molar-refractivity contribution in [3.63, 3.8) is 0 Å². The van der Waals surface area contributed by atoms with Gasteiger partial charge in [0.1, 0.15) is 17.7 Å². The molecule has 5 rings (SSSR count). The molecule has 1 aromatic heterocycles. The van der Waals surface area contributed by atoms with Gasteiger partial charge in [-0.05, 0) is 55.7 Å². The Labute approximate surface area is 178 Å². The van der Waals surface area contributed by atoms with Gasteiger partial charge in [0.2, 0.25) is 5.91 Å². The number of nitrogens with zero attached hydrogens (tertiary/aromatic N) is 2. The number of amides is 1. The number of carbonyl (C=O) groups excluding carboxylic acids is 1. The average molecular weight is 425 g/mol. The fourth-order valence-corrected chi connectivity index (χ4v) is 5.32. The standard InChI is InChI=1S/C24H25F2N3O2/c25-14-5-7-20-18(11-14)19-12-15(26)6-8-21(19)29(20)13-22(30)23(27)17-9-10-28(24(17)31)16-3-1-2-4-16/h5-8,11-12,16-17,22,27,30H,1-4,9-10,13H2. The fraction of sp³-hybridized carbons (Fsp3) is 0.417. The number of rotatable bonds is 5. The first-order valence-corrected chi connectivity index (χ1v) is 10.9. The summed E-state index contributed by atoms with van der Waals surface area (Å²) in [7, 11) is 0. The molecule has 1 saturated carbocycles. The highest BCUT2D eigenvalue weighted by Crippen LogP contribution is 2.33. The van der Waals surface area contributed by atoms with Crippen molar-refractivity contribution < 1.29 is 18.7 Å². The van der Waals surface area contributed by atoms with Crippen LogP contribution >= 0.6 is 0 Å². The Morgan fingerprint density at radius 3 is 2.19 bits per heavy atom. The van der Waals surface area contributed by atoms with Gasteiger partial charge in [-0.3, -0.25) is 4.79 Å². The minimum atomic E-state index is -1.16. The van der Waals surface area contributed by atoms with E-state index in [1.165, 1.54) is 24.3 Å². The minimum Gasteiger partial charge on any atom is -0.385 e. The summed E-state index contributed by atoms with van der Waals surface area (Å²) in [5.74, 6) is -1.50. The first-order chi connectivity index (χ1) is 14.9. The number of nitrogens with one attached hydrogen (secondary N) is 1. The summed E-state index contributed by atoms with van der Waals surface area (Å²) in [6, 6.07) is 8.82. The van der Waals surface area contributed by atoms with E-state index in [4.69, 9.17) is 5.41 Å². The molecule has 2 atom stereocenters. The lowest BCUT2D eigenvalue weighted by Crippen LogP contribution is -2.40. The lowest BCUT2D eigenvalue weighted by atomic mass is 9.97. The Bertz CT molecular complexity index is 1120. The van der Waals surface area contributed by atoms with Crippen LogP contribution in [0.4, 0.5) is 8.78 Å². The Kier molecular flexibility index (Phi) is 5.01. The van der Waals surface area contributed by atoms with Gasteiger partial charge in [0.15, 0.2) is 0 Å². The molecule has 162 valence electrons. The third kappa shape index (κ3) is 3.41. The molecule has 2 aliphatic rings. The molecule has 1 saturated heterocycles. The Balaban J connectivity index is 1.43. The van der Waals surface area contributed by atoms with E-state index in [2.05, 4.69) is 0 Å². The van der Waals surface area contributed by atoms with Crippen LogP contribution in [0.3, 0.4) is 0 Å². The Morgan fingerprint density at radius 2 is 1.61 bits per heavy atom. The molecule has 2 unspecified atom stereocenters. The van der Waals surface area contributed by atoms with Crippen LogP contribution < -0.4 is 0 Å². The molecule has 0 bridgehead atoms. The third-order valence-electron chi connectivity index (χ3n) is 6.88. The van der Waals surface area contributed by atoms with Crippen molar-refractivity contribution in [3.8, 4) is 0 Å². The van der Waals surface area contributed by atoms with Gasteiger partial charge in [0, 0.05) is 34.4 Å². The molecule has 2 aromatic carbocycles. The first kappa shape index (κ1) is 20.1. The van der Waals surface area contributed by atoms with Crippen molar-refractivity contribution in [2.45, 2.75) is 50.8 Å². The molecular formula is C24H25F2N3O2. The van der Waals surface area contributed by atoms with Crippen molar-refractivity contribution in [2.75, 3.05) is 6.54 Å². The Morgan fingerprint density at radius 1 is 1.03 bits per heavy atom. The molecule has 5 nitrogen and oxygen atoms in total. The maximum absolute atomic E-state index is 13.8. The number of aromatic nitrogens is 1. The summed E-state index contributed by atoms with van der Waals surface area (Å²) < 4.78 is 29.5. The van der Waals surface area contributed by atoms with E-state index in [9.17, 15) is 18.7 Å². The molecule has 2 fully saturated rings. The SMILES string of the molecule is N=C(C(O)Cn1c2ccc(F)cc2c2cc(F)ccc21)C1CCN(C2CCCC2)C1=O. The third-order valence-corrected chi connectivity index (χ3v) is 6.88. The predicted molar refractivity (Wildman–Crippen MR) is 115 cm³/mol. The van der Waals surface area contributed by atoms with Gasteiger partial charge in [-0.2, -0.15) is 0 Å². The van der Waals surface area contributed by atoms with Crippen molar-refractivity contribution in [2.24, 2.45) is 5.92 Å². The molecule has 1 amide bonds. The van der Waals surface area contributed by atoms with E-state index in [0.29, 0.717) is 34.8 Å². The van der Waals surface area contributed by atoms with Crippen LogP contribution in [0.2, 0.25) is 0 Å². The summed E-state index contributed by atoms with van der Waals surface area (Å²) >= 11 is 0. The monoisotopic (exact) mass is 425 g/mol. The maximum atomic E-state index is 13.8. The number of halogens is 2. The van der Waals surface area contributed by atoms with Gasteiger partial charge in [-0.25, -0.2) is 8.78 Å². The van der Waals surface area contributed by atoms with Crippen LogP contribution in [0.25, 0.3) is 21.8 Å². The lowest BCUT2D eigenvalue weighted by Gasteiger charge is -2.25. The highest BCUT2D eigenvalue weighted by Gasteiger charge is 2.40. The Hall–Kier alpha value is -2.80. The number of fused-ring (bicyclic) bond motifs is 3. The summed E-state index contributed by atoms with van der Waals surface area (Å²) in [5, 5.41) is 20.5. The fourth-order valence-electron chi connectivity index (χ4n) is 5.32. The summed E-state index contributed by atoms with van der Waals surface area (Å²) in [6.07, 6.45) is 3.69. The second kappa shape index (κ2) is 7.71. The van der Waals surface area contributed by atoms with Gasteiger partial charge < -0.3 is 20.0 Å². The summed E-state index contributed by atoms with van der Waals surface area (Å²) in [5.41, 5.74) is 1.32. The van der Waals surface area contributed by atoms with Crippen molar-refractivity contribution in [3.05, 3.63) is 48.0 Å². The van der Waals surface area contributed by atoms with Crippen LogP contribution in [0, 0.1) is 23.0 Å². The van der Waals surface area contributed by atoms with E-state index in [1.54, 1.807) is 16.7 Å². The molecule has 1 aliphatic carbocycles. The van der Waals surface area contributed by atoms with Crippen LogP contribution in [0.15, 0.2) is 36.4 Å². The van der Waals surface area contributed by atoms with E-state index in [1.807, 2.05) is 4.90 Å².